The van der Waals surface area contributed by atoms with Crippen LogP contribution in [0.4, 0.5) is 0 Å². The second-order valence-electron chi connectivity index (χ2n) is 15.3. The standard InChI is InChI=1S/C42H40O19/c1-14-7-17-26(22(46)8-14)34(52)27-16(30(17)48)5-6-19(31(27)49)42(18-3-2-4-21(45)28(18)35(53)29-20(42)9-15(11-43)10-23(29)47)61-41-39(57)37(55)33(51)25(60-41)13-58-40-38(56)36(54)32(50)24(12-44)59-40/h2-10,24-25,32-33,36-41,43-47,49-51,54-57H,11-13H2,1H3/t24-,25-,32-,33-,36+,37+,38-,39-,40-,41+,42?/m1/s1. The molecule has 4 aromatic carbocycles. The van der Waals surface area contributed by atoms with Crippen molar-refractivity contribution in [2.45, 2.75) is 80.5 Å². The third-order valence-electron chi connectivity index (χ3n) is 11.6. The van der Waals surface area contributed by atoms with Crippen molar-refractivity contribution in [3.63, 3.8) is 0 Å². The molecule has 0 amide bonds. The van der Waals surface area contributed by atoms with Gasteiger partial charge in [0.25, 0.3) is 0 Å². The fourth-order valence-electron chi connectivity index (χ4n) is 8.59. The average molecular weight is 849 g/mol. The second kappa shape index (κ2) is 15.5. The molecule has 0 bridgehead atoms. The Bertz CT molecular complexity index is 2470. The molecule has 12 N–H and O–H groups in total. The van der Waals surface area contributed by atoms with Gasteiger partial charge in [0.1, 0.15) is 71.8 Å². The van der Waals surface area contributed by atoms with Crippen LogP contribution in [0.3, 0.4) is 0 Å². The molecule has 1 unspecified atom stereocenters. The number of aromatic hydroxyl groups is 4. The summed E-state index contributed by atoms with van der Waals surface area (Å²) < 4.78 is 23.6. The molecule has 2 saturated heterocycles. The van der Waals surface area contributed by atoms with E-state index < -0.39 is 155 Å². The van der Waals surface area contributed by atoms with Crippen molar-refractivity contribution in [2.75, 3.05) is 13.2 Å². The van der Waals surface area contributed by atoms with E-state index in [0.717, 1.165) is 24.3 Å². The lowest BCUT2D eigenvalue weighted by molar-refractivity contribution is -0.340. The average Bonchev–Trinajstić information content (AvgIpc) is 3.23. The Labute approximate surface area is 344 Å². The van der Waals surface area contributed by atoms with Gasteiger partial charge in [-0.1, -0.05) is 18.2 Å². The van der Waals surface area contributed by atoms with Crippen molar-refractivity contribution in [3.8, 4) is 23.0 Å². The van der Waals surface area contributed by atoms with Crippen LogP contribution in [-0.2, 0) is 31.2 Å². The minimum atomic E-state index is -2.63. The summed E-state index contributed by atoms with van der Waals surface area (Å²) in [6.45, 7) is -0.760. The maximum Gasteiger partial charge on any atom is 0.201 e. The van der Waals surface area contributed by atoms with Crippen molar-refractivity contribution in [1.29, 1.82) is 0 Å². The highest BCUT2D eigenvalue weighted by molar-refractivity contribution is 6.30. The van der Waals surface area contributed by atoms with Gasteiger partial charge in [0.05, 0.1) is 42.1 Å². The van der Waals surface area contributed by atoms with E-state index in [0.29, 0.717) is 5.56 Å². The quantitative estimate of drug-likeness (QED) is 0.0851. The molecule has 0 aromatic heterocycles. The molecule has 0 saturated carbocycles. The lowest BCUT2D eigenvalue weighted by atomic mass is 9.68. The molecule has 4 aliphatic rings. The first-order chi connectivity index (χ1) is 29.0. The Kier molecular flexibility index (Phi) is 10.8. The van der Waals surface area contributed by atoms with Gasteiger partial charge in [-0.2, -0.15) is 0 Å². The predicted molar refractivity (Wildman–Crippen MR) is 201 cm³/mol. The normalized spacial score (nSPS) is 30.7. The van der Waals surface area contributed by atoms with Crippen molar-refractivity contribution < 1.29 is 94.6 Å². The number of aliphatic hydroxyl groups excluding tert-OH is 8. The van der Waals surface area contributed by atoms with Gasteiger partial charge in [-0.3, -0.25) is 14.4 Å². The first-order valence-electron chi connectivity index (χ1n) is 18.9. The topological polar surface area (TPSA) is 331 Å². The summed E-state index contributed by atoms with van der Waals surface area (Å²) in [6, 6.07) is 10.8. The van der Waals surface area contributed by atoms with E-state index >= 15 is 0 Å². The van der Waals surface area contributed by atoms with Crippen LogP contribution in [0.15, 0.2) is 54.6 Å². The SMILES string of the molecule is Cc1cc(O)c2c(c1)C(=O)c1ccc(C3(O[C@@H]4O[C@H](CO[C@@H]5O[C@H](CO)[C@@H](O)[C@H](O)[C@H]5O)[C@@H](O)[C@H](O)[C@H]4O)c4cccc(O)c4C(=O)c4c(O)cc(CO)cc43)c(O)c1C2=O. The number of aliphatic hydroxyl groups is 8. The lowest BCUT2D eigenvalue weighted by Gasteiger charge is -2.47. The largest absolute Gasteiger partial charge is 0.507 e. The molecule has 61 heavy (non-hydrogen) atoms. The number of phenols is 4. The third kappa shape index (κ3) is 6.41. The molecule has 19 nitrogen and oxygen atoms in total. The van der Waals surface area contributed by atoms with Crippen LogP contribution in [0, 0.1) is 6.92 Å². The Morgan fingerprint density at radius 1 is 0.590 bits per heavy atom. The fraction of sp³-hybridized carbons (Fsp3) is 0.357. The van der Waals surface area contributed by atoms with E-state index in [9.17, 15) is 75.7 Å². The number of carbonyl (C=O) groups excluding carboxylic acids is 3. The first kappa shape index (κ1) is 42.3. The minimum Gasteiger partial charge on any atom is -0.507 e. The van der Waals surface area contributed by atoms with E-state index in [1.54, 1.807) is 6.92 Å². The number of benzene rings is 4. The number of hydrogen-bond donors (Lipinski definition) is 12. The summed E-state index contributed by atoms with van der Waals surface area (Å²) in [5, 5.41) is 131. The van der Waals surface area contributed by atoms with Gasteiger partial charge in [0, 0.05) is 27.8 Å². The van der Waals surface area contributed by atoms with E-state index in [-0.39, 0.29) is 27.8 Å². The third-order valence-corrected chi connectivity index (χ3v) is 11.6. The number of phenolic OH excluding ortho intramolecular Hbond substituents is 4. The van der Waals surface area contributed by atoms with Crippen LogP contribution in [0.2, 0.25) is 0 Å². The molecule has 2 fully saturated rings. The molecule has 19 heteroatoms. The maximum absolute atomic E-state index is 14.3. The maximum atomic E-state index is 14.3. The number of hydrogen-bond acceptors (Lipinski definition) is 19. The Balaban J connectivity index is 1.32. The number of carbonyl (C=O) groups is 3. The van der Waals surface area contributed by atoms with E-state index in [2.05, 4.69) is 0 Å². The molecule has 2 aliphatic carbocycles. The molecule has 4 aromatic rings. The lowest BCUT2D eigenvalue weighted by Crippen LogP contribution is -2.62. The van der Waals surface area contributed by atoms with E-state index in [4.69, 9.17) is 18.9 Å². The summed E-state index contributed by atoms with van der Waals surface area (Å²) in [4.78, 5) is 42.4. The zero-order valence-electron chi connectivity index (χ0n) is 31.8. The highest BCUT2D eigenvalue weighted by Crippen LogP contribution is 2.55. The molecular formula is C42H40O19. The zero-order chi connectivity index (χ0) is 44.0. The smallest absolute Gasteiger partial charge is 0.201 e. The van der Waals surface area contributed by atoms with Crippen LogP contribution in [0.1, 0.15) is 75.6 Å². The van der Waals surface area contributed by atoms with Crippen LogP contribution in [-0.4, -0.2) is 153 Å². The van der Waals surface area contributed by atoms with Crippen molar-refractivity contribution in [1.82, 2.24) is 0 Å². The van der Waals surface area contributed by atoms with Crippen LogP contribution >= 0.6 is 0 Å². The minimum absolute atomic E-state index is 0.0371. The number of ketones is 3. The van der Waals surface area contributed by atoms with Gasteiger partial charge in [-0.25, -0.2) is 0 Å². The Morgan fingerprint density at radius 2 is 1.21 bits per heavy atom. The summed E-state index contributed by atoms with van der Waals surface area (Å²) in [5.74, 6) is -5.71. The van der Waals surface area contributed by atoms with Gasteiger partial charge in [0.15, 0.2) is 24.0 Å². The number of ether oxygens (including phenoxy) is 4. The molecule has 2 heterocycles. The fourth-order valence-corrected chi connectivity index (χ4v) is 8.59. The Hall–Kier alpha value is -5.39. The molecule has 2 aliphatic heterocycles. The molecule has 0 radical (unpaired) electrons. The highest BCUT2D eigenvalue weighted by atomic mass is 16.7. The van der Waals surface area contributed by atoms with Crippen LogP contribution in [0.25, 0.3) is 0 Å². The first-order valence-corrected chi connectivity index (χ1v) is 18.9. The molecule has 322 valence electrons. The number of rotatable bonds is 8. The van der Waals surface area contributed by atoms with Gasteiger partial charge in [0.2, 0.25) is 11.6 Å². The summed E-state index contributed by atoms with van der Waals surface area (Å²) in [6.07, 6.45) is -18.8. The number of fused-ring (bicyclic) bond motifs is 4. The van der Waals surface area contributed by atoms with Gasteiger partial charge >= 0.3 is 0 Å². The monoisotopic (exact) mass is 848 g/mol. The van der Waals surface area contributed by atoms with Gasteiger partial charge in [-0.15, -0.1) is 0 Å². The van der Waals surface area contributed by atoms with E-state index in [1.165, 1.54) is 30.3 Å². The summed E-state index contributed by atoms with van der Waals surface area (Å²) >= 11 is 0. The van der Waals surface area contributed by atoms with Gasteiger partial charge < -0.3 is 80.2 Å². The molecule has 0 spiro atoms. The van der Waals surface area contributed by atoms with Crippen LogP contribution < -0.4 is 0 Å². The summed E-state index contributed by atoms with van der Waals surface area (Å²) in [5.41, 5.74) is -6.00. The molecule has 8 rings (SSSR count). The van der Waals surface area contributed by atoms with Crippen molar-refractivity contribution in [3.05, 3.63) is 116 Å². The summed E-state index contributed by atoms with van der Waals surface area (Å²) in [7, 11) is 0. The molecular weight excluding hydrogens is 808 g/mol. The second-order valence-corrected chi connectivity index (χ2v) is 15.3. The van der Waals surface area contributed by atoms with Gasteiger partial charge in [-0.05, 0) is 54.4 Å². The van der Waals surface area contributed by atoms with Crippen molar-refractivity contribution >= 4 is 17.3 Å². The number of aryl methyl sites for hydroxylation is 1. The molecule has 11 atom stereocenters. The van der Waals surface area contributed by atoms with E-state index in [1.807, 2.05) is 0 Å². The van der Waals surface area contributed by atoms with Crippen LogP contribution in [0.5, 0.6) is 23.0 Å². The predicted octanol–water partition coefficient (Wildman–Crippen LogP) is -1.44. The zero-order valence-corrected chi connectivity index (χ0v) is 31.8. The Morgan fingerprint density at radius 3 is 1.90 bits per heavy atom. The van der Waals surface area contributed by atoms with Crippen molar-refractivity contribution in [2.24, 2.45) is 0 Å². The highest BCUT2D eigenvalue weighted by Gasteiger charge is 2.56.